The van der Waals surface area contributed by atoms with Crippen molar-refractivity contribution in [2.45, 2.75) is 20.0 Å². The van der Waals surface area contributed by atoms with Gasteiger partial charge in [-0.2, -0.15) is 0 Å². The molecule has 1 N–H and O–H groups in total. The Kier molecular flexibility index (Phi) is 4.47. The van der Waals surface area contributed by atoms with E-state index >= 15 is 0 Å². The Balaban J connectivity index is 1.45. The molecule has 0 aliphatic rings. The molecule has 2 aromatic carbocycles. The Labute approximate surface area is 151 Å². The monoisotopic (exact) mass is 345 g/mol. The average Bonchev–Trinajstić information content (AvgIpc) is 3.31. The largest absolute Gasteiger partial charge is 0.441 e. The molecule has 2 aromatic heterocycles. The minimum absolute atomic E-state index is 0.609. The van der Waals surface area contributed by atoms with Crippen LogP contribution in [-0.2, 0) is 13.1 Å². The number of hydrogen-bond donors (Lipinski definition) is 1. The average molecular weight is 345 g/mol. The van der Waals surface area contributed by atoms with Crippen molar-refractivity contribution in [2.75, 3.05) is 5.32 Å². The van der Waals surface area contributed by atoms with E-state index in [0.29, 0.717) is 12.4 Å². The first-order valence-corrected chi connectivity index (χ1v) is 8.45. The lowest BCUT2D eigenvalue weighted by atomic mass is 10.2. The summed E-state index contributed by atoms with van der Waals surface area (Å²) in [5.74, 6) is 1.48. The van der Waals surface area contributed by atoms with Crippen molar-refractivity contribution < 1.29 is 4.42 Å². The summed E-state index contributed by atoms with van der Waals surface area (Å²) >= 11 is 0. The lowest BCUT2D eigenvalue weighted by molar-refractivity contribution is 0.540. The van der Waals surface area contributed by atoms with Crippen LogP contribution in [0, 0.1) is 6.92 Å². The molecule has 6 heteroatoms. The quantitative estimate of drug-likeness (QED) is 0.574. The molecule has 0 saturated heterocycles. The highest BCUT2D eigenvalue weighted by atomic mass is 16.4. The third kappa shape index (κ3) is 3.64. The van der Waals surface area contributed by atoms with Gasteiger partial charge in [0.05, 0.1) is 13.1 Å². The number of aromatic nitrogens is 4. The van der Waals surface area contributed by atoms with Crippen LogP contribution in [0.5, 0.6) is 0 Å². The Morgan fingerprint density at radius 3 is 2.62 bits per heavy atom. The predicted octanol–water partition coefficient (Wildman–Crippen LogP) is 3.90. The molecule has 0 radical (unpaired) electrons. The van der Waals surface area contributed by atoms with E-state index in [1.54, 1.807) is 12.7 Å². The van der Waals surface area contributed by atoms with Gasteiger partial charge in [-0.25, -0.2) is 4.98 Å². The molecule has 26 heavy (non-hydrogen) atoms. The molecular formula is C20H19N5O. The third-order valence-electron chi connectivity index (χ3n) is 4.13. The Bertz CT molecular complexity index is 977. The van der Waals surface area contributed by atoms with Crippen LogP contribution in [-0.4, -0.2) is 19.7 Å². The number of aryl methyl sites for hydroxylation is 1. The minimum Gasteiger partial charge on any atom is -0.441 e. The van der Waals surface area contributed by atoms with Crippen molar-refractivity contribution in [3.8, 4) is 11.5 Å². The van der Waals surface area contributed by atoms with Gasteiger partial charge in [-0.1, -0.05) is 30.3 Å². The second kappa shape index (κ2) is 7.23. The number of nitrogens with zero attached hydrogens (tertiary/aromatic N) is 4. The van der Waals surface area contributed by atoms with Gasteiger partial charge >= 0.3 is 0 Å². The maximum absolute atomic E-state index is 5.81. The molecule has 0 saturated carbocycles. The second-order valence-corrected chi connectivity index (χ2v) is 6.08. The van der Waals surface area contributed by atoms with Gasteiger partial charge in [0.15, 0.2) is 0 Å². The number of hydrogen-bond acceptors (Lipinski definition) is 5. The summed E-state index contributed by atoms with van der Waals surface area (Å²) in [6, 6.07) is 18.2. The first kappa shape index (κ1) is 16.1. The lowest BCUT2D eigenvalue weighted by Gasteiger charge is -2.08. The summed E-state index contributed by atoms with van der Waals surface area (Å²) in [6.07, 6.45) is 3.42. The molecule has 130 valence electrons. The van der Waals surface area contributed by atoms with Crippen LogP contribution in [0.2, 0.25) is 0 Å². The fourth-order valence-electron chi connectivity index (χ4n) is 2.78. The number of anilines is 1. The molecule has 0 aliphatic heterocycles. The summed E-state index contributed by atoms with van der Waals surface area (Å²) in [5, 5.41) is 11.1. The van der Waals surface area contributed by atoms with Crippen molar-refractivity contribution in [1.82, 2.24) is 19.7 Å². The molecule has 4 aromatic rings. The summed E-state index contributed by atoms with van der Waals surface area (Å²) in [4.78, 5) is 4.63. The SMILES string of the molecule is Cc1oc(-c2ccccc2)nc1CNc1cccc(Cn2cnnc2)c1. The zero-order valence-electron chi connectivity index (χ0n) is 14.5. The van der Waals surface area contributed by atoms with Gasteiger partial charge in [0, 0.05) is 11.3 Å². The van der Waals surface area contributed by atoms with Gasteiger partial charge in [0.1, 0.15) is 24.1 Å². The van der Waals surface area contributed by atoms with Crippen molar-refractivity contribution >= 4 is 5.69 Å². The molecule has 4 rings (SSSR count). The smallest absolute Gasteiger partial charge is 0.226 e. The molecule has 0 atom stereocenters. The Morgan fingerprint density at radius 1 is 1.00 bits per heavy atom. The maximum atomic E-state index is 5.81. The first-order valence-electron chi connectivity index (χ1n) is 8.45. The fourth-order valence-corrected chi connectivity index (χ4v) is 2.78. The zero-order valence-corrected chi connectivity index (χ0v) is 14.5. The molecule has 0 spiro atoms. The van der Waals surface area contributed by atoms with Gasteiger partial charge in [0.25, 0.3) is 0 Å². The van der Waals surface area contributed by atoms with Crippen LogP contribution in [0.4, 0.5) is 5.69 Å². The van der Waals surface area contributed by atoms with E-state index in [-0.39, 0.29) is 0 Å². The van der Waals surface area contributed by atoms with E-state index in [4.69, 9.17) is 4.42 Å². The second-order valence-electron chi connectivity index (χ2n) is 6.08. The third-order valence-corrected chi connectivity index (χ3v) is 4.13. The molecule has 0 fully saturated rings. The van der Waals surface area contributed by atoms with E-state index in [1.165, 1.54) is 5.56 Å². The Morgan fingerprint density at radius 2 is 1.81 bits per heavy atom. The summed E-state index contributed by atoms with van der Waals surface area (Å²) in [7, 11) is 0. The van der Waals surface area contributed by atoms with Crippen LogP contribution >= 0.6 is 0 Å². The molecule has 6 nitrogen and oxygen atoms in total. The highest BCUT2D eigenvalue weighted by molar-refractivity contribution is 5.53. The van der Waals surface area contributed by atoms with Crippen molar-refractivity contribution in [3.05, 3.63) is 84.3 Å². The lowest BCUT2D eigenvalue weighted by Crippen LogP contribution is -2.02. The van der Waals surface area contributed by atoms with Crippen LogP contribution in [0.25, 0.3) is 11.5 Å². The van der Waals surface area contributed by atoms with Gasteiger partial charge < -0.3 is 14.3 Å². The standard InChI is InChI=1S/C20H19N5O/c1-15-19(24-20(26-15)17-7-3-2-4-8-17)11-21-18-9-5-6-16(10-18)12-25-13-22-23-14-25/h2-10,13-14,21H,11-12H2,1H3. The zero-order chi connectivity index (χ0) is 17.8. The number of benzene rings is 2. The van der Waals surface area contributed by atoms with Crippen LogP contribution in [0.3, 0.4) is 0 Å². The van der Waals surface area contributed by atoms with E-state index in [2.05, 4.69) is 32.6 Å². The van der Waals surface area contributed by atoms with Gasteiger partial charge in [-0.05, 0) is 36.8 Å². The number of nitrogens with one attached hydrogen (secondary N) is 1. The number of rotatable bonds is 6. The molecule has 0 aliphatic carbocycles. The van der Waals surface area contributed by atoms with Crippen molar-refractivity contribution in [1.29, 1.82) is 0 Å². The van der Waals surface area contributed by atoms with E-state index in [1.807, 2.05) is 54.0 Å². The highest BCUT2D eigenvalue weighted by Crippen LogP contribution is 2.22. The summed E-state index contributed by atoms with van der Waals surface area (Å²) in [5.41, 5.74) is 4.11. The molecule has 0 unspecified atom stereocenters. The minimum atomic E-state index is 0.609. The van der Waals surface area contributed by atoms with E-state index < -0.39 is 0 Å². The van der Waals surface area contributed by atoms with Crippen molar-refractivity contribution in [2.24, 2.45) is 0 Å². The van der Waals surface area contributed by atoms with Crippen LogP contribution in [0.15, 0.2) is 71.7 Å². The summed E-state index contributed by atoms with van der Waals surface area (Å²) in [6.45, 7) is 3.29. The van der Waals surface area contributed by atoms with E-state index in [0.717, 1.165) is 29.2 Å². The highest BCUT2D eigenvalue weighted by Gasteiger charge is 2.11. The first-order chi connectivity index (χ1) is 12.8. The summed E-state index contributed by atoms with van der Waals surface area (Å²) < 4.78 is 7.75. The van der Waals surface area contributed by atoms with Gasteiger partial charge in [-0.15, -0.1) is 10.2 Å². The van der Waals surface area contributed by atoms with Crippen LogP contribution < -0.4 is 5.32 Å². The Hall–Kier alpha value is -3.41. The van der Waals surface area contributed by atoms with Gasteiger partial charge in [0.2, 0.25) is 5.89 Å². The molecular weight excluding hydrogens is 326 g/mol. The predicted molar refractivity (Wildman–Crippen MR) is 99.6 cm³/mol. The van der Waals surface area contributed by atoms with Gasteiger partial charge in [-0.3, -0.25) is 0 Å². The molecule has 0 bridgehead atoms. The molecule has 2 heterocycles. The fraction of sp³-hybridized carbons (Fsp3) is 0.150. The normalized spacial score (nSPS) is 10.8. The maximum Gasteiger partial charge on any atom is 0.226 e. The molecule has 0 amide bonds. The number of oxazole rings is 1. The topological polar surface area (TPSA) is 68.8 Å². The van der Waals surface area contributed by atoms with E-state index in [9.17, 15) is 0 Å². The van der Waals surface area contributed by atoms with Crippen molar-refractivity contribution in [3.63, 3.8) is 0 Å². The van der Waals surface area contributed by atoms with Crippen LogP contribution in [0.1, 0.15) is 17.0 Å².